The number of hydrogen-bond acceptors (Lipinski definition) is 1. The zero-order valence-corrected chi connectivity index (χ0v) is 18.7. The van der Waals surface area contributed by atoms with E-state index in [0.29, 0.717) is 0 Å². The number of unbranched alkanes of at least 4 members (excludes halogenated alkanes) is 5. The van der Waals surface area contributed by atoms with Crippen LogP contribution in [-0.2, 0) is 17.6 Å². The van der Waals surface area contributed by atoms with E-state index >= 15 is 0 Å². The third-order valence-electron chi connectivity index (χ3n) is 5.85. The van der Waals surface area contributed by atoms with Gasteiger partial charge in [-0.1, -0.05) is 112 Å². The van der Waals surface area contributed by atoms with E-state index < -0.39 is 0 Å². The molecule has 3 aromatic rings. The number of methoxy groups -OCH3 is 1. The van der Waals surface area contributed by atoms with Crippen LogP contribution in [0.2, 0.25) is 0 Å². The molecule has 0 unspecified atom stereocenters. The first-order valence-electron chi connectivity index (χ1n) is 11.6. The van der Waals surface area contributed by atoms with Gasteiger partial charge in [0.1, 0.15) is 0 Å². The van der Waals surface area contributed by atoms with Crippen molar-refractivity contribution in [1.29, 1.82) is 0 Å². The molecule has 1 heteroatoms. The van der Waals surface area contributed by atoms with Crippen molar-refractivity contribution in [3.05, 3.63) is 83.9 Å². The van der Waals surface area contributed by atoms with E-state index in [4.69, 9.17) is 4.74 Å². The molecule has 1 nitrogen and oxygen atoms in total. The van der Waals surface area contributed by atoms with Crippen LogP contribution in [0.25, 0.3) is 22.3 Å². The third-order valence-corrected chi connectivity index (χ3v) is 5.85. The van der Waals surface area contributed by atoms with Gasteiger partial charge >= 0.3 is 0 Å². The van der Waals surface area contributed by atoms with Crippen molar-refractivity contribution in [2.75, 3.05) is 13.7 Å². The molecule has 0 aromatic heterocycles. The monoisotopic (exact) mass is 400 g/mol. The van der Waals surface area contributed by atoms with Gasteiger partial charge in [-0.3, -0.25) is 0 Å². The summed E-state index contributed by atoms with van der Waals surface area (Å²) in [5.41, 5.74) is 7.93. The second kappa shape index (κ2) is 12.3. The number of ether oxygens (including phenoxy) is 1. The van der Waals surface area contributed by atoms with Gasteiger partial charge in [0.25, 0.3) is 0 Å². The average Bonchev–Trinajstić information content (AvgIpc) is 2.81. The molecule has 158 valence electrons. The summed E-state index contributed by atoms with van der Waals surface area (Å²) >= 11 is 0. The average molecular weight is 401 g/mol. The molecule has 0 heterocycles. The van der Waals surface area contributed by atoms with Crippen molar-refractivity contribution in [1.82, 2.24) is 0 Å². The van der Waals surface area contributed by atoms with E-state index in [-0.39, 0.29) is 0 Å². The van der Waals surface area contributed by atoms with Gasteiger partial charge in [-0.25, -0.2) is 0 Å². The maximum Gasteiger partial charge on any atom is 0.0502 e. The summed E-state index contributed by atoms with van der Waals surface area (Å²) in [5, 5.41) is 0. The Labute approximate surface area is 183 Å². The predicted octanol–water partition coefficient (Wildman–Crippen LogP) is 8.11. The van der Waals surface area contributed by atoms with E-state index in [2.05, 4.69) is 79.7 Å². The Kier molecular flexibility index (Phi) is 9.18. The molecular formula is C29H36O. The summed E-state index contributed by atoms with van der Waals surface area (Å²) in [6.07, 6.45) is 10.2. The van der Waals surface area contributed by atoms with Crippen molar-refractivity contribution in [2.24, 2.45) is 0 Å². The van der Waals surface area contributed by atoms with Gasteiger partial charge in [0, 0.05) is 7.11 Å². The van der Waals surface area contributed by atoms with Crippen molar-refractivity contribution in [3.8, 4) is 22.3 Å². The largest absolute Gasteiger partial charge is 0.384 e. The van der Waals surface area contributed by atoms with E-state index in [0.717, 1.165) is 13.0 Å². The van der Waals surface area contributed by atoms with Crippen LogP contribution in [0.3, 0.4) is 0 Å². The first kappa shape index (κ1) is 22.3. The zero-order valence-electron chi connectivity index (χ0n) is 18.7. The summed E-state index contributed by atoms with van der Waals surface area (Å²) in [6, 6.07) is 26.8. The van der Waals surface area contributed by atoms with Crippen LogP contribution in [0, 0.1) is 0 Å². The second-order valence-electron chi connectivity index (χ2n) is 8.20. The Morgan fingerprint density at radius 1 is 0.600 bits per heavy atom. The Bertz CT molecular complexity index is 865. The molecule has 0 aliphatic heterocycles. The van der Waals surface area contributed by atoms with Gasteiger partial charge in [-0.05, 0) is 52.6 Å². The normalized spacial score (nSPS) is 11.0. The molecule has 30 heavy (non-hydrogen) atoms. The smallest absolute Gasteiger partial charge is 0.0502 e. The van der Waals surface area contributed by atoms with Crippen LogP contribution < -0.4 is 0 Å². The van der Waals surface area contributed by atoms with Crippen LogP contribution in [0.1, 0.15) is 56.6 Å². The summed E-state index contributed by atoms with van der Waals surface area (Å²) in [5.74, 6) is 0. The fourth-order valence-corrected chi connectivity index (χ4v) is 4.04. The van der Waals surface area contributed by atoms with E-state index in [1.807, 2.05) is 0 Å². The Morgan fingerprint density at radius 3 is 2.00 bits per heavy atom. The lowest BCUT2D eigenvalue weighted by atomic mass is 9.91. The summed E-state index contributed by atoms with van der Waals surface area (Å²) in [6.45, 7) is 3.03. The fraction of sp³-hybridized carbons (Fsp3) is 0.379. The standard InChI is InChI=1S/C29H36O/c1-3-4-5-6-7-9-12-24-15-18-27(19-16-24)28-20-17-25(21-22-30-2)23-29(28)26-13-10-8-11-14-26/h8,10-11,13-20,23H,3-7,9,12,21-22H2,1-2H3. The molecule has 3 rings (SSSR count). The maximum absolute atomic E-state index is 5.28. The molecule has 3 aromatic carbocycles. The first-order valence-corrected chi connectivity index (χ1v) is 11.6. The van der Waals surface area contributed by atoms with Crippen molar-refractivity contribution in [3.63, 3.8) is 0 Å². The van der Waals surface area contributed by atoms with Crippen molar-refractivity contribution in [2.45, 2.75) is 58.3 Å². The molecule has 0 saturated carbocycles. The lowest BCUT2D eigenvalue weighted by Gasteiger charge is -2.13. The highest BCUT2D eigenvalue weighted by atomic mass is 16.5. The highest BCUT2D eigenvalue weighted by Gasteiger charge is 2.09. The minimum Gasteiger partial charge on any atom is -0.384 e. The van der Waals surface area contributed by atoms with Gasteiger partial charge in [0.2, 0.25) is 0 Å². The second-order valence-corrected chi connectivity index (χ2v) is 8.20. The number of rotatable bonds is 12. The van der Waals surface area contributed by atoms with Crippen LogP contribution in [0.15, 0.2) is 72.8 Å². The molecule has 0 spiro atoms. The van der Waals surface area contributed by atoms with Crippen LogP contribution in [0.4, 0.5) is 0 Å². The van der Waals surface area contributed by atoms with Crippen LogP contribution >= 0.6 is 0 Å². The van der Waals surface area contributed by atoms with Gasteiger partial charge in [0.05, 0.1) is 6.61 Å². The zero-order chi connectivity index (χ0) is 21.0. The molecule has 0 amide bonds. The minimum atomic E-state index is 0.751. The van der Waals surface area contributed by atoms with Gasteiger partial charge < -0.3 is 4.74 Å². The van der Waals surface area contributed by atoms with Crippen LogP contribution in [0.5, 0.6) is 0 Å². The van der Waals surface area contributed by atoms with E-state index in [1.165, 1.54) is 78.3 Å². The SMILES string of the molecule is CCCCCCCCc1ccc(-c2ccc(CCOC)cc2-c2ccccc2)cc1. The summed E-state index contributed by atoms with van der Waals surface area (Å²) in [7, 11) is 1.76. The number of aryl methyl sites for hydroxylation is 1. The fourth-order valence-electron chi connectivity index (χ4n) is 4.04. The lowest BCUT2D eigenvalue weighted by molar-refractivity contribution is 0.202. The van der Waals surface area contributed by atoms with Crippen LogP contribution in [-0.4, -0.2) is 13.7 Å². The Hall–Kier alpha value is -2.38. The maximum atomic E-state index is 5.28. The summed E-state index contributed by atoms with van der Waals surface area (Å²) < 4.78 is 5.28. The highest BCUT2D eigenvalue weighted by Crippen LogP contribution is 2.33. The van der Waals surface area contributed by atoms with Crippen molar-refractivity contribution < 1.29 is 4.74 Å². The molecule has 0 N–H and O–H groups in total. The predicted molar refractivity (Wildman–Crippen MR) is 130 cm³/mol. The van der Waals surface area contributed by atoms with E-state index in [9.17, 15) is 0 Å². The summed E-state index contributed by atoms with van der Waals surface area (Å²) in [4.78, 5) is 0. The molecule has 0 saturated heterocycles. The highest BCUT2D eigenvalue weighted by molar-refractivity contribution is 5.84. The third kappa shape index (κ3) is 6.57. The molecule has 0 bridgehead atoms. The molecule has 0 fully saturated rings. The van der Waals surface area contributed by atoms with Gasteiger partial charge in [0.15, 0.2) is 0 Å². The van der Waals surface area contributed by atoms with Gasteiger partial charge in [-0.15, -0.1) is 0 Å². The quantitative estimate of drug-likeness (QED) is 0.279. The molecule has 0 radical (unpaired) electrons. The topological polar surface area (TPSA) is 9.23 Å². The Balaban J connectivity index is 1.74. The van der Waals surface area contributed by atoms with E-state index in [1.54, 1.807) is 7.11 Å². The molecule has 0 aliphatic carbocycles. The number of hydrogen-bond donors (Lipinski definition) is 0. The molecule has 0 aliphatic rings. The lowest BCUT2D eigenvalue weighted by Crippen LogP contribution is -1.96. The van der Waals surface area contributed by atoms with Gasteiger partial charge in [-0.2, -0.15) is 0 Å². The minimum absolute atomic E-state index is 0.751. The Morgan fingerprint density at radius 2 is 1.27 bits per heavy atom. The first-order chi connectivity index (χ1) is 14.8. The molecule has 0 atom stereocenters. The number of benzene rings is 3. The van der Waals surface area contributed by atoms with Crippen molar-refractivity contribution >= 4 is 0 Å². The molecular weight excluding hydrogens is 364 g/mol.